The van der Waals surface area contributed by atoms with Crippen LogP contribution >= 0.6 is 15.9 Å². The minimum Gasteiger partial charge on any atom is -0.475 e. The molecule has 8 nitrogen and oxygen atoms in total. The van der Waals surface area contributed by atoms with E-state index >= 15 is 0 Å². The SMILES string of the molecule is C[NH+]1CCN(C(=O)c2ccc(NC(=O)c3ccc(Br)o3)cc2)CC1.O=C(O)C(F)(F)F. The van der Waals surface area contributed by atoms with Crippen molar-refractivity contribution in [2.45, 2.75) is 6.18 Å². The Kier molecular flexibility index (Phi) is 8.22. The van der Waals surface area contributed by atoms with E-state index in [1.807, 2.05) is 4.90 Å². The fraction of sp³-hybridized carbons (Fsp3) is 0.316. The number of rotatable bonds is 3. The Morgan fingerprint density at radius 1 is 1.10 bits per heavy atom. The summed E-state index contributed by atoms with van der Waals surface area (Å²) in [6.45, 7) is 3.49. The number of alkyl halides is 3. The lowest BCUT2D eigenvalue weighted by Crippen LogP contribution is -3.12. The molecule has 3 rings (SSSR count). The average Bonchev–Trinajstić information content (AvgIpc) is 3.15. The summed E-state index contributed by atoms with van der Waals surface area (Å²) in [6.07, 6.45) is -5.08. The predicted molar refractivity (Wildman–Crippen MR) is 107 cm³/mol. The lowest BCUT2D eigenvalue weighted by molar-refractivity contribution is -0.883. The van der Waals surface area contributed by atoms with Gasteiger partial charge in [0.2, 0.25) is 0 Å². The highest BCUT2D eigenvalue weighted by Crippen LogP contribution is 2.17. The maximum absolute atomic E-state index is 12.5. The van der Waals surface area contributed by atoms with Gasteiger partial charge < -0.3 is 24.6 Å². The summed E-state index contributed by atoms with van der Waals surface area (Å²) in [4.78, 5) is 36.7. The van der Waals surface area contributed by atoms with Crippen LogP contribution in [-0.4, -0.2) is 67.2 Å². The van der Waals surface area contributed by atoms with E-state index in [0.717, 1.165) is 26.2 Å². The summed E-state index contributed by atoms with van der Waals surface area (Å²) in [7, 11) is 2.14. The second-order valence-corrected chi connectivity index (χ2v) is 7.47. The number of likely N-dealkylation sites (N-methyl/N-ethyl adjacent to an activating group) is 1. The number of carbonyl (C=O) groups is 3. The third-order valence-electron chi connectivity index (χ3n) is 4.33. The Hall–Kier alpha value is -2.86. The maximum Gasteiger partial charge on any atom is 0.490 e. The zero-order chi connectivity index (χ0) is 23.2. The van der Waals surface area contributed by atoms with Gasteiger partial charge in [0, 0.05) is 11.3 Å². The molecule has 2 amide bonds. The van der Waals surface area contributed by atoms with Gasteiger partial charge in [-0.2, -0.15) is 13.2 Å². The summed E-state index contributed by atoms with van der Waals surface area (Å²) in [5.74, 6) is -2.83. The third kappa shape index (κ3) is 7.40. The molecule has 12 heteroatoms. The molecule has 0 unspecified atom stereocenters. The second-order valence-electron chi connectivity index (χ2n) is 6.69. The van der Waals surface area contributed by atoms with Crippen LogP contribution in [-0.2, 0) is 4.79 Å². The second kappa shape index (κ2) is 10.4. The van der Waals surface area contributed by atoms with E-state index in [1.165, 1.54) is 4.90 Å². The summed E-state index contributed by atoms with van der Waals surface area (Å²) >= 11 is 3.16. The van der Waals surface area contributed by atoms with Crippen molar-refractivity contribution >= 4 is 39.4 Å². The normalized spacial score (nSPS) is 14.4. The van der Waals surface area contributed by atoms with Crippen molar-refractivity contribution < 1.29 is 42.0 Å². The highest BCUT2D eigenvalue weighted by atomic mass is 79.9. The van der Waals surface area contributed by atoms with E-state index in [-0.39, 0.29) is 17.6 Å². The van der Waals surface area contributed by atoms with Crippen molar-refractivity contribution in [2.24, 2.45) is 0 Å². The fourth-order valence-electron chi connectivity index (χ4n) is 2.60. The van der Waals surface area contributed by atoms with E-state index in [0.29, 0.717) is 15.9 Å². The number of amides is 2. The lowest BCUT2D eigenvalue weighted by Gasteiger charge is -2.30. The third-order valence-corrected chi connectivity index (χ3v) is 4.76. The van der Waals surface area contributed by atoms with Gasteiger partial charge in [0.1, 0.15) is 0 Å². The fourth-order valence-corrected chi connectivity index (χ4v) is 2.91. The van der Waals surface area contributed by atoms with Gasteiger partial charge in [-0.25, -0.2) is 4.79 Å². The molecule has 1 aliphatic rings. The number of carbonyl (C=O) groups excluding carboxylic acids is 2. The summed E-state index contributed by atoms with van der Waals surface area (Å²) in [5.41, 5.74) is 1.25. The minimum absolute atomic E-state index is 0.0374. The zero-order valence-electron chi connectivity index (χ0n) is 16.3. The molecule has 2 heterocycles. The number of furan rings is 1. The summed E-state index contributed by atoms with van der Waals surface area (Å²) in [6, 6.07) is 10.2. The van der Waals surface area contributed by atoms with Crippen LogP contribution in [0.2, 0.25) is 0 Å². The number of nitrogens with one attached hydrogen (secondary N) is 2. The van der Waals surface area contributed by atoms with E-state index in [4.69, 9.17) is 14.3 Å². The highest BCUT2D eigenvalue weighted by Gasteiger charge is 2.38. The number of carboxylic acid groups (broad SMARTS) is 1. The Bertz CT molecular complexity index is 923. The number of hydrogen-bond acceptors (Lipinski definition) is 4. The van der Waals surface area contributed by atoms with Crippen molar-refractivity contribution in [3.63, 3.8) is 0 Å². The van der Waals surface area contributed by atoms with Gasteiger partial charge in [-0.3, -0.25) is 9.59 Å². The first kappa shape index (κ1) is 24.4. The number of nitrogens with zero attached hydrogens (tertiary/aromatic N) is 1. The smallest absolute Gasteiger partial charge is 0.475 e. The maximum atomic E-state index is 12.5. The molecule has 1 aliphatic heterocycles. The van der Waals surface area contributed by atoms with Crippen molar-refractivity contribution in [3.05, 3.63) is 52.4 Å². The van der Waals surface area contributed by atoms with Gasteiger partial charge in [-0.1, -0.05) is 0 Å². The molecule has 1 fully saturated rings. The molecule has 3 N–H and O–H groups in total. The van der Waals surface area contributed by atoms with Crippen molar-refractivity contribution in [1.82, 2.24) is 4.90 Å². The quantitative estimate of drug-likeness (QED) is 0.589. The topological polar surface area (TPSA) is 104 Å². The molecule has 0 bridgehead atoms. The molecular weight excluding hydrogens is 487 g/mol. The van der Waals surface area contributed by atoms with Crippen molar-refractivity contribution in [3.8, 4) is 0 Å². The molecule has 0 saturated carbocycles. The number of halogens is 4. The number of piperazine rings is 1. The number of benzene rings is 1. The van der Waals surface area contributed by atoms with Gasteiger partial charge in [-0.15, -0.1) is 0 Å². The molecule has 1 aromatic carbocycles. The molecule has 0 aliphatic carbocycles. The first-order valence-electron chi connectivity index (χ1n) is 9.05. The first-order valence-corrected chi connectivity index (χ1v) is 9.84. The van der Waals surface area contributed by atoms with E-state index < -0.39 is 12.1 Å². The molecule has 31 heavy (non-hydrogen) atoms. The monoisotopic (exact) mass is 506 g/mol. The first-order chi connectivity index (χ1) is 14.5. The Labute approximate surface area is 183 Å². The van der Waals surface area contributed by atoms with Gasteiger partial charge in [0.15, 0.2) is 10.4 Å². The van der Waals surface area contributed by atoms with Gasteiger partial charge in [0.05, 0.1) is 33.2 Å². The predicted octanol–water partition coefficient (Wildman–Crippen LogP) is 1.90. The van der Waals surface area contributed by atoms with E-state index in [2.05, 4.69) is 28.3 Å². The molecule has 0 atom stereocenters. The van der Waals surface area contributed by atoms with Crippen LogP contribution in [0.4, 0.5) is 18.9 Å². The average molecular weight is 507 g/mol. The molecule has 1 saturated heterocycles. The summed E-state index contributed by atoms with van der Waals surface area (Å²) in [5, 5.41) is 9.87. The van der Waals surface area contributed by atoms with E-state index in [9.17, 15) is 22.8 Å². The van der Waals surface area contributed by atoms with Gasteiger partial charge in [0.25, 0.3) is 11.8 Å². The van der Waals surface area contributed by atoms with Crippen molar-refractivity contribution in [1.29, 1.82) is 0 Å². The molecule has 0 spiro atoms. The Balaban J connectivity index is 0.000000423. The van der Waals surface area contributed by atoms with Crippen molar-refractivity contribution in [2.75, 3.05) is 38.5 Å². The van der Waals surface area contributed by atoms with Crippen LogP contribution in [0.15, 0.2) is 45.5 Å². The molecular formula is C19H20BrF3N3O5+. The molecule has 2 aromatic rings. The molecule has 1 aromatic heterocycles. The molecule has 168 valence electrons. The Morgan fingerprint density at radius 3 is 2.10 bits per heavy atom. The van der Waals surface area contributed by atoms with Crippen LogP contribution < -0.4 is 10.2 Å². The van der Waals surface area contributed by atoms with Crippen LogP contribution in [0.5, 0.6) is 0 Å². The van der Waals surface area contributed by atoms with Crippen LogP contribution in [0.3, 0.4) is 0 Å². The van der Waals surface area contributed by atoms with Gasteiger partial charge in [-0.05, 0) is 52.3 Å². The summed E-state index contributed by atoms with van der Waals surface area (Å²) < 4.78 is 37.4. The number of quaternary nitrogens is 1. The zero-order valence-corrected chi connectivity index (χ0v) is 17.9. The number of aliphatic carboxylic acids is 1. The van der Waals surface area contributed by atoms with E-state index in [1.54, 1.807) is 36.4 Å². The van der Waals surface area contributed by atoms with Crippen LogP contribution in [0.25, 0.3) is 0 Å². The highest BCUT2D eigenvalue weighted by molar-refractivity contribution is 9.10. The van der Waals surface area contributed by atoms with Crippen LogP contribution in [0, 0.1) is 0 Å². The molecule has 0 radical (unpaired) electrons. The van der Waals surface area contributed by atoms with Crippen LogP contribution in [0.1, 0.15) is 20.9 Å². The largest absolute Gasteiger partial charge is 0.490 e. The number of anilines is 1. The standard InChI is InChI=1S/C17H18BrN3O3.C2HF3O2/c1-20-8-10-21(11-9-20)17(23)12-2-4-13(5-3-12)19-16(22)14-6-7-15(18)24-14;3-2(4,5)1(6)7/h2-7H,8-11H2,1H3,(H,19,22);(H,6,7)/p+1. The number of hydrogen-bond donors (Lipinski definition) is 3. The minimum atomic E-state index is -5.08. The lowest BCUT2D eigenvalue weighted by atomic mass is 10.1. The van der Waals surface area contributed by atoms with Gasteiger partial charge >= 0.3 is 12.1 Å². The Morgan fingerprint density at radius 2 is 1.65 bits per heavy atom. The number of carboxylic acids is 1.